The Bertz CT molecular complexity index is 876. The number of hydrogen-bond donors (Lipinski definition) is 0. The maximum Gasteiger partial charge on any atom is 0.250 e. The molecule has 2 aliphatic heterocycles. The van der Waals surface area contributed by atoms with Crippen molar-refractivity contribution < 1.29 is 4.79 Å². The Morgan fingerprint density at radius 3 is 2.50 bits per heavy atom. The third kappa shape index (κ3) is 2.76. The van der Waals surface area contributed by atoms with Gasteiger partial charge in [0.05, 0.1) is 11.1 Å². The Morgan fingerprint density at radius 1 is 1.04 bits per heavy atom. The van der Waals surface area contributed by atoms with Crippen LogP contribution in [0.5, 0.6) is 0 Å². The van der Waals surface area contributed by atoms with Gasteiger partial charge >= 0.3 is 0 Å². The number of hydrogen-bond acceptors (Lipinski definition) is 3. The molecule has 2 aliphatic rings. The van der Waals surface area contributed by atoms with Gasteiger partial charge in [-0.1, -0.05) is 30.3 Å². The molecule has 2 fully saturated rings. The Hall–Kier alpha value is -2.40. The molecule has 136 valence electrons. The van der Waals surface area contributed by atoms with Gasteiger partial charge in [-0.3, -0.25) is 14.5 Å². The van der Waals surface area contributed by atoms with Crippen molar-refractivity contribution in [2.45, 2.75) is 25.8 Å². The van der Waals surface area contributed by atoms with E-state index in [1.165, 1.54) is 16.2 Å². The molecule has 2 saturated heterocycles. The molecular formula is C21H25N3O2. The Kier molecular flexibility index (Phi) is 4.19. The summed E-state index contributed by atoms with van der Waals surface area (Å²) in [4.78, 5) is 28.9. The first kappa shape index (κ1) is 17.0. The highest BCUT2D eigenvalue weighted by atomic mass is 16.2. The fraction of sp³-hybridized carbons (Fsp3) is 0.429. The molecule has 1 amide bonds. The highest BCUT2D eigenvalue weighted by molar-refractivity contribution is 6.04. The molecule has 0 bridgehead atoms. The number of rotatable bonds is 3. The van der Waals surface area contributed by atoms with Crippen molar-refractivity contribution in [3.63, 3.8) is 0 Å². The fourth-order valence-electron chi connectivity index (χ4n) is 4.33. The predicted octanol–water partition coefficient (Wildman–Crippen LogP) is 2.58. The van der Waals surface area contributed by atoms with Crippen molar-refractivity contribution in [2.24, 2.45) is 12.5 Å². The van der Waals surface area contributed by atoms with E-state index in [0.717, 1.165) is 38.2 Å². The second-order valence-corrected chi connectivity index (χ2v) is 7.67. The zero-order valence-corrected chi connectivity index (χ0v) is 15.4. The lowest BCUT2D eigenvalue weighted by Crippen LogP contribution is -2.67. The molecule has 0 saturated carbocycles. The van der Waals surface area contributed by atoms with E-state index in [9.17, 15) is 9.59 Å². The van der Waals surface area contributed by atoms with Crippen molar-refractivity contribution in [1.29, 1.82) is 0 Å². The number of benzene rings is 1. The van der Waals surface area contributed by atoms with Crippen molar-refractivity contribution >= 4 is 11.6 Å². The Balaban J connectivity index is 1.50. The predicted molar refractivity (Wildman–Crippen MR) is 102 cm³/mol. The van der Waals surface area contributed by atoms with Gasteiger partial charge in [-0.05, 0) is 37.9 Å². The number of amides is 1. The molecule has 1 aromatic heterocycles. The van der Waals surface area contributed by atoms with E-state index in [2.05, 4.69) is 36.1 Å². The van der Waals surface area contributed by atoms with Gasteiger partial charge in [-0.25, -0.2) is 0 Å². The van der Waals surface area contributed by atoms with E-state index in [1.54, 1.807) is 19.3 Å². The first-order valence-electron chi connectivity index (χ1n) is 9.28. The van der Waals surface area contributed by atoms with Gasteiger partial charge in [0.1, 0.15) is 0 Å². The summed E-state index contributed by atoms with van der Waals surface area (Å²) in [5, 5.41) is 0. The van der Waals surface area contributed by atoms with Crippen LogP contribution in [0.25, 0.3) is 0 Å². The lowest BCUT2D eigenvalue weighted by molar-refractivity contribution is -0.140. The fourth-order valence-corrected chi connectivity index (χ4v) is 4.33. The molecule has 3 heterocycles. The van der Waals surface area contributed by atoms with E-state index in [1.807, 2.05) is 11.0 Å². The van der Waals surface area contributed by atoms with Gasteiger partial charge < -0.3 is 9.47 Å². The van der Waals surface area contributed by atoms with Crippen LogP contribution in [0.2, 0.25) is 0 Å². The number of nitrogens with zero attached hydrogens (tertiary/aromatic N) is 3. The van der Waals surface area contributed by atoms with Gasteiger partial charge in [0.15, 0.2) is 0 Å². The highest BCUT2D eigenvalue weighted by Crippen LogP contribution is 2.44. The van der Waals surface area contributed by atoms with Crippen LogP contribution in [-0.4, -0.2) is 35.0 Å². The van der Waals surface area contributed by atoms with E-state index < -0.39 is 0 Å². The topological polar surface area (TPSA) is 45.5 Å². The van der Waals surface area contributed by atoms with E-state index >= 15 is 0 Å². The number of aromatic nitrogens is 1. The van der Waals surface area contributed by atoms with E-state index in [-0.39, 0.29) is 16.9 Å². The molecule has 2 atom stereocenters. The van der Waals surface area contributed by atoms with Gasteiger partial charge in [0, 0.05) is 38.4 Å². The standard InChI is InChI=1S/C21H25N3O2/c1-16(17-7-4-3-5-8-17)23-12-6-11-21(14-23)15-24(20(21)26)18-9-10-19(25)22(2)13-18/h3-5,7-10,13,16H,6,11-12,14-15H2,1-2H3/t16-,21-/m1/s1. The summed E-state index contributed by atoms with van der Waals surface area (Å²) in [6.45, 7) is 4.80. The molecule has 5 nitrogen and oxygen atoms in total. The van der Waals surface area contributed by atoms with Crippen LogP contribution >= 0.6 is 0 Å². The maximum atomic E-state index is 13.1. The zero-order valence-electron chi connectivity index (χ0n) is 15.4. The number of aryl methyl sites for hydroxylation is 1. The van der Waals surface area contributed by atoms with E-state index in [4.69, 9.17) is 0 Å². The molecule has 2 aromatic rings. The van der Waals surface area contributed by atoms with Crippen molar-refractivity contribution in [2.75, 3.05) is 24.5 Å². The smallest absolute Gasteiger partial charge is 0.250 e. The summed E-state index contributed by atoms with van der Waals surface area (Å²) in [6.07, 6.45) is 3.75. The molecule has 5 heteroatoms. The largest absolute Gasteiger partial charge is 0.317 e. The monoisotopic (exact) mass is 351 g/mol. The summed E-state index contributed by atoms with van der Waals surface area (Å²) < 4.78 is 1.53. The zero-order chi connectivity index (χ0) is 18.3. The van der Waals surface area contributed by atoms with Crippen molar-refractivity contribution in [3.8, 4) is 0 Å². The number of carbonyl (C=O) groups is 1. The lowest BCUT2D eigenvalue weighted by atomic mass is 9.71. The lowest BCUT2D eigenvalue weighted by Gasteiger charge is -2.54. The third-order valence-corrected chi connectivity index (χ3v) is 5.98. The third-order valence-electron chi connectivity index (χ3n) is 5.98. The van der Waals surface area contributed by atoms with Crippen LogP contribution in [0.4, 0.5) is 5.69 Å². The quantitative estimate of drug-likeness (QED) is 0.799. The first-order valence-corrected chi connectivity index (χ1v) is 9.28. The van der Waals surface area contributed by atoms with Crippen LogP contribution in [0, 0.1) is 5.41 Å². The molecule has 0 N–H and O–H groups in total. The highest BCUT2D eigenvalue weighted by Gasteiger charge is 2.54. The SMILES string of the molecule is C[C@H](c1ccccc1)N1CCC[C@]2(CN(c3ccc(=O)n(C)c3)C2=O)C1. The summed E-state index contributed by atoms with van der Waals surface area (Å²) in [5.41, 5.74) is 1.79. The number of anilines is 1. The minimum atomic E-state index is -0.268. The summed E-state index contributed by atoms with van der Waals surface area (Å²) in [6, 6.07) is 14.1. The summed E-state index contributed by atoms with van der Waals surface area (Å²) >= 11 is 0. The second-order valence-electron chi connectivity index (χ2n) is 7.67. The number of β-lactam (4-membered cyclic amide) rings is 1. The van der Waals surface area contributed by atoms with E-state index in [0.29, 0.717) is 6.04 Å². The number of pyridine rings is 1. The summed E-state index contributed by atoms with van der Waals surface area (Å²) in [7, 11) is 1.72. The molecule has 0 aliphatic carbocycles. The van der Waals surface area contributed by atoms with Gasteiger partial charge in [-0.2, -0.15) is 0 Å². The molecule has 26 heavy (non-hydrogen) atoms. The molecule has 0 radical (unpaired) electrons. The van der Waals surface area contributed by atoms with Gasteiger partial charge in [0.25, 0.3) is 0 Å². The Morgan fingerprint density at radius 2 is 1.81 bits per heavy atom. The number of likely N-dealkylation sites (tertiary alicyclic amines) is 1. The van der Waals surface area contributed by atoms with Crippen LogP contribution in [0.15, 0.2) is 53.5 Å². The van der Waals surface area contributed by atoms with Gasteiger partial charge in [0.2, 0.25) is 11.5 Å². The van der Waals surface area contributed by atoms with Crippen LogP contribution in [0.3, 0.4) is 0 Å². The van der Waals surface area contributed by atoms with Gasteiger partial charge in [-0.15, -0.1) is 0 Å². The molecule has 1 aromatic carbocycles. The normalized spacial score (nSPS) is 24.5. The molecular weight excluding hydrogens is 326 g/mol. The molecule has 4 rings (SSSR count). The van der Waals surface area contributed by atoms with Crippen LogP contribution in [-0.2, 0) is 11.8 Å². The number of carbonyl (C=O) groups excluding carboxylic acids is 1. The van der Waals surface area contributed by atoms with Crippen LogP contribution in [0.1, 0.15) is 31.4 Å². The van der Waals surface area contributed by atoms with Crippen molar-refractivity contribution in [3.05, 3.63) is 64.6 Å². The molecule has 1 spiro atoms. The Labute approximate surface area is 153 Å². The minimum Gasteiger partial charge on any atom is -0.317 e. The summed E-state index contributed by atoms with van der Waals surface area (Å²) in [5.74, 6) is 0.195. The van der Waals surface area contributed by atoms with Crippen LogP contribution < -0.4 is 10.5 Å². The second kappa shape index (κ2) is 6.40. The average Bonchev–Trinajstić information content (AvgIpc) is 2.68. The van der Waals surface area contributed by atoms with Crippen molar-refractivity contribution in [1.82, 2.24) is 9.47 Å². The molecule has 0 unspecified atom stereocenters. The minimum absolute atomic E-state index is 0.0584. The average molecular weight is 351 g/mol. The number of piperidine rings is 1. The maximum absolute atomic E-state index is 13.1. The first-order chi connectivity index (χ1) is 12.5.